The molecule has 0 radical (unpaired) electrons. The molecule has 0 aromatic carbocycles. The standard InChI is InChI=1S/C8H18O5S/c1-5-8(9,10)7(4,6(2)3)14(11,12)13/h6,9-10H,5H2,1-4H3,(H,11,12,13). The number of hydrogen-bond donors (Lipinski definition) is 3. The van der Waals surface area contributed by atoms with E-state index in [-0.39, 0.29) is 6.42 Å². The fraction of sp³-hybridized carbons (Fsp3) is 1.00. The van der Waals surface area contributed by atoms with Crippen LogP contribution in [0.1, 0.15) is 34.1 Å². The predicted octanol–water partition coefficient (Wildman–Crippen LogP) is 0.380. The molecule has 3 N–H and O–H groups in total. The molecule has 0 spiro atoms. The van der Waals surface area contributed by atoms with Crippen LogP contribution in [0, 0.1) is 5.92 Å². The molecule has 0 aliphatic rings. The molecule has 0 fully saturated rings. The normalized spacial score (nSPS) is 18.3. The number of aliphatic hydroxyl groups is 2. The van der Waals surface area contributed by atoms with E-state index in [1.54, 1.807) is 0 Å². The fourth-order valence-electron chi connectivity index (χ4n) is 1.32. The minimum absolute atomic E-state index is 0.179. The highest BCUT2D eigenvalue weighted by molar-refractivity contribution is 7.87. The van der Waals surface area contributed by atoms with E-state index in [4.69, 9.17) is 4.55 Å². The predicted molar refractivity (Wildman–Crippen MR) is 52.3 cm³/mol. The van der Waals surface area contributed by atoms with Gasteiger partial charge in [-0.15, -0.1) is 0 Å². The van der Waals surface area contributed by atoms with Gasteiger partial charge in [-0.25, -0.2) is 0 Å². The zero-order valence-electron chi connectivity index (χ0n) is 8.85. The topological polar surface area (TPSA) is 94.8 Å². The highest BCUT2D eigenvalue weighted by Crippen LogP contribution is 2.37. The van der Waals surface area contributed by atoms with Crippen molar-refractivity contribution < 1.29 is 23.2 Å². The van der Waals surface area contributed by atoms with Gasteiger partial charge in [0, 0.05) is 0 Å². The SMILES string of the molecule is CCC(O)(O)C(C)(C(C)C)S(=O)(=O)O. The Bertz CT molecular complexity index is 293. The van der Waals surface area contributed by atoms with Crippen molar-refractivity contribution in [2.24, 2.45) is 5.92 Å². The summed E-state index contributed by atoms with van der Waals surface area (Å²) in [5.74, 6) is -3.05. The zero-order chi connectivity index (χ0) is 11.8. The molecule has 1 atom stereocenters. The maximum absolute atomic E-state index is 11.1. The van der Waals surface area contributed by atoms with E-state index in [0.717, 1.165) is 6.92 Å². The van der Waals surface area contributed by atoms with Crippen LogP contribution >= 0.6 is 0 Å². The first-order valence-corrected chi connectivity index (χ1v) is 5.86. The largest absolute Gasteiger partial charge is 0.364 e. The van der Waals surface area contributed by atoms with Crippen LogP contribution in [0.2, 0.25) is 0 Å². The molecular formula is C8H18O5S. The lowest BCUT2D eigenvalue weighted by Crippen LogP contribution is -2.59. The Morgan fingerprint density at radius 2 is 1.64 bits per heavy atom. The summed E-state index contributed by atoms with van der Waals surface area (Å²) >= 11 is 0. The summed E-state index contributed by atoms with van der Waals surface area (Å²) < 4.78 is 29.3. The first-order chi connectivity index (χ1) is 6.00. The highest BCUT2D eigenvalue weighted by Gasteiger charge is 2.56. The van der Waals surface area contributed by atoms with Crippen molar-refractivity contribution in [2.75, 3.05) is 0 Å². The smallest absolute Gasteiger partial charge is 0.276 e. The maximum Gasteiger partial charge on any atom is 0.276 e. The molecule has 0 aliphatic heterocycles. The molecule has 14 heavy (non-hydrogen) atoms. The highest BCUT2D eigenvalue weighted by atomic mass is 32.2. The van der Waals surface area contributed by atoms with Gasteiger partial charge in [-0.05, 0) is 19.3 Å². The monoisotopic (exact) mass is 226 g/mol. The van der Waals surface area contributed by atoms with Crippen LogP contribution in [0.5, 0.6) is 0 Å². The first-order valence-electron chi connectivity index (χ1n) is 4.42. The Balaban J connectivity index is 5.58. The summed E-state index contributed by atoms with van der Waals surface area (Å²) in [7, 11) is -4.53. The van der Waals surface area contributed by atoms with Crippen LogP contribution in [0.15, 0.2) is 0 Å². The van der Waals surface area contributed by atoms with Crippen molar-refractivity contribution in [2.45, 2.75) is 44.6 Å². The lowest BCUT2D eigenvalue weighted by molar-refractivity contribution is -0.196. The Labute approximate surface area is 84.5 Å². The molecular weight excluding hydrogens is 208 g/mol. The van der Waals surface area contributed by atoms with Gasteiger partial charge in [0.25, 0.3) is 10.1 Å². The lowest BCUT2D eigenvalue weighted by atomic mass is 9.86. The molecule has 0 aromatic rings. The fourth-order valence-corrected chi connectivity index (χ4v) is 2.47. The minimum atomic E-state index is -4.53. The van der Waals surface area contributed by atoms with Crippen LogP contribution in [0.25, 0.3) is 0 Å². The van der Waals surface area contributed by atoms with Gasteiger partial charge in [-0.3, -0.25) is 4.55 Å². The van der Waals surface area contributed by atoms with Gasteiger partial charge in [0.15, 0.2) is 5.79 Å². The Morgan fingerprint density at radius 1 is 1.29 bits per heavy atom. The second kappa shape index (κ2) is 3.77. The van der Waals surface area contributed by atoms with Crippen LogP contribution in [0.4, 0.5) is 0 Å². The van der Waals surface area contributed by atoms with Crippen LogP contribution in [-0.2, 0) is 10.1 Å². The van der Waals surface area contributed by atoms with E-state index >= 15 is 0 Å². The molecule has 0 amide bonds. The summed E-state index contributed by atoms with van der Waals surface area (Å²) in [4.78, 5) is 0. The van der Waals surface area contributed by atoms with Crippen LogP contribution in [0.3, 0.4) is 0 Å². The van der Waals surface area contributed by atoms with Gasteiger partial charge in [0.05, 0.1) is 0 Å². The third kappa shape index (κ3) is 1.93. The third-order valence-corrected chi connectivity index (χ3v) is 4.80. The minimum Gasteiger partial charge on any atom is -0.364 e. The van der Waals surface area contributed by atoms with Crippen LogP contribution in [-0.4, -0.2) is 33.7 Å². The van der Waals surface area contributed by atoms with Crippen molar-refractivity contribution >= 4 is 10.1 Å². The van der Waals surface area contributed by atoms with Crippen molar-refractivity contribution in [3.8, 4) is 0 Å². The van der Waals surface area contributed by atoms with E-state index in [1.807, 2.05) is 0 Å². The summed E-state index contributed by atoms with van der Waals surface area (Å²) in [5.41, 5.74) is 0. The second-order valence-corrected chi connectivity index (χ2v) is 5.71. The molecule has 1 unspecified atom stereocenters. The summed E-state index contributed by atoms with van der Waals surface area (Å²) in [5, 5.41) is 19.1. The summed E-state index contributed by atoms with van der Waals surface area (Å²) in [6, 6.07) is 0. The van der Waals surface area contributed by atoms with E-state index < -0.39 is 26.6 Å². The molecule has 6 heteroatoms. The van der Waals surface area contributed by atoms with E-state index in [1.165, 1.54) is 20.8 Å². The van der Waals surface area contributed by atoms with Gasteiger partial charge < -0.3 is 10.2 Å². The van der Waals surface area contributed by atoms with Gasteiger partial charge in [-0.1, -0.05) is 20.8 Å². The molecule has 0 heterocycles. The Morgan fingerprint density at radius 3 is 1.71 bits per heavy atom. The molecule has 0 saturated carbocycles. The molecule has 86 valence electrons. The average Bonchev–Trinajstić information content (AvgIpc) is 2.00. The van der Waals surface area contributed by atoms with Gasteiger partial charge in [0.2, 0.25) is 0 Å². The van der Waals surface area contributed by atoms with Gasteiger partial charge >= 0.3 is 0 Å². The third-order valence-electron chi connectivity index (χ3n) is 2.93. The van der Waals surface area contributed by atoms with E-state index in [0.29, 0.717) is 0 Å². The molecule has 5 nitrogen and oxygen atoms in total. The molecule has 0 rings (SSSR count). The first kappa shape index (κ1) is 13.8. The summed E-state index contributed by atoms with van der Waals surface area (Å²) in [6.07, 6.45) is -0.179. The Hall–Kier alpha value is -0.170. The van der Waals surface area contributed by atoms with Crippen molar-refractivity contribution in [1.29, 1.82) is 0 Å². The quantitative estimate of drug-likeness (QED) is 0.476. The molecule has 0 bridgehead atoms. The maximum atomic E-state index is 11.1. The second-order valence-electron chi connectivity index (χ2n) is 3.91. The van der Waals surface area contributed by atoms with E-state index in [2.05, 4.69) is 0 Å². The Kier molecular flexibility index (Phi) is 3.72. The lowest BCUT2D eigenvalue weighted by Gasteiger charge is -2.40. The van der Waals surface area contributed by atoms with Crippen molar-refractivity contribution in [1.82, 2.24) is 0 Å². The zero-order valence-corrected chi connectivity index (χ0v) is 9.67. The van der Waals surface area contributed by atoms with Crippen LogP contribution < -0.4 is 0 Å². The molecule has 0 aliphatic carbocycles. The van der Waals surface area contributed by atoms with Gasteiger partial charge in [-0.2, -0.15) is 8.42 Å². The van der Waals surface area contributed by atoms with E-state index in [9.17, 15) is 18.6 Å². The number of hydrogen-bond acceptors (Lipinski definition) is 4. The molecule has 0 aromatic heterocycles. The number of rotatable bonds is 4. The van der Waals surface area contributed by atoms with Crippen molar-refractivity contribution in [3.63, 3.8) is 0 Å². The average molecular weight is 226 g/mol. The van der Waals surface area contributed by atoms with Crippen molar-refractivity contribution in [3.05, 3.63) is 0 Å². The van der Waals surface area contributed by atoms with Gasteiger partial charge in [0.1, 0.15) is 4.75 Å². The molecule has 0 saturated heterocycles. The summed E-state index contributed by atoms with van der Waals surface area (Å²) in [6.45, 7) is 5.57.